The maximum Gasteiger partial charge on any atom is 0.222 e. The minimum Gasteiger partial charge on any atom is -0.376 e. The molecule has 2 aliphatic heterocycles. The molecule has 0 radical (unpaired) electrons. The minimum atomic E-state index is 0.302. The number of aryl methyl sites for hydroxylation is 1. The van der Waals surface area contributed by atoms with Crippen LogP contribution in [0, 0.1) is 5.92 Å². The van der Waals surface area contributed by atoms with Crippen LogP contribution in [-0.4, -0.2) is 62.0 Å². The van der Waals surface area contributed by atoms with Crippen molar-refractivity contribution >= 4 is 5.95 Å². The van der Waals surface area contributed by atoms with Crippen LogP contribution in [0.1, 0.15) is 37.1 Å². The van der Waals surface area contributed by atoms with E-state index < -0.39 is 0 Å². The van der Waals surface area contributed by atoms with Crippen LogP contribution < -0.4 is 5.32 Å². The van der Waals surface area contributed by atoms with Gasteiger partial charge in [0, 0.05) is 51.1 Å². The number of hydrogen-bond acceptors (Lipinski definition) is 7. The van der Waals surface area contributed by atoms with Gasteiger partial charge in [-0.2, -0.15) is 0 Å². The van der Waals surface area contributed by atoms with Crippen molar-refractivity contribution in [3.05, 3.63) is 30.1 Å². The first-order valence-corrected chi connectivity index (χ1v) is 9.98. The third kappa shape index (κ3) is 5.01. The fourth-order valence-corrected chi connectivity index (χ4v) is 3.90. The zero-order valence-corrected chi connectivity index (χ0v) is 16.0. The maximum atomic E-state index is 5.61. The third-order valence-electron chi connectivity index (χ3n) is 5.61. The zero-order chi connectivity index (χ0) is 18.5. The van der Waals surface area contributed by atoms with E-state index in [9.17, 15) is 0 Å². The molecular formula is C19H29N7O. The highest BCUT2D eigenvalue weighted by Crippen LogP contribution is 2.22. The number of hydrogen-bond donors (Lipinski definition) is 1. The molecule has 2 fully saturated rings. The Bertz CT molecular complexity index is 703. The molecule has 8 heteroatoms. The van der Waals surface area contributed by atoms with E-state index in [1.165, 1.54) is 18.4 Å². The van der Waals surface area contributed by atoms with E-state index in [1.807, 2.05) is 24.0 Å². The molecule has 146 valence electrons. The van der Waals surface area contributed by atoms with Gasteiger partial charge in [-0.1, -0.05) is 0 Å². The molecule has 0 saturated carbocycles. The van der Waals surface area contributed by atoms with Gasteiger partial charge < -0.3 is 14.6 Å². The molecular weight excluding hydrogens is 342 g/mol. The molecule has 2 aromatic rings. The van der Waals surface area contributed by atoms with Crippen molar-refractivity contribution in [1.29, 1.82) is 0 Å². The van der Waals surface area contributed by atoms with Crippen LogP contribution >= 0.6 is 0 Å². The quantitative estimate of drug-likeness (QED) is 0.792. The van der Waals surface area contributed by atoms with Gasteiger partial charge in [-0.05, 0) is 44.7 Å². The van der Waals surface area contributed by atoms with Gasteiger partial charge in [-0.15, -0.1) is 10.2 Å². The van der Waals surface area contributed by atoms with Gasteiger partial charge in [0.1, 0.15) is 12.2 Å². The molecule has 4 rings (SSSR count). The number of ether oxygens (including phenoxy) is 1. The Morgan fingerprint density at radius 1 is 1.19 bits per heavy atom. The van der Waals surface area contributed by atoms with Crippen molar-refractivity contribution in [2.24, 2.45) is 13.0 Å². The predicted octanol–water partition coefficient (Wildman–Crippen LogP) is 1.65. The van der Waals surface area contributed by atoms with E-state index in [4.69, 9.17) is 4.74 Å². The molecule has 1 unspecified atom stereocenters. The molecule has 0 aromatic carbocycles. The predicted molar refractivity (Wildman–Crippen MR) is 102 cm³/mol. The first-order chi connectivity index (χ1) is 13.3. The van der Waals surface area contributed by atoms with Crippen LogP contribution in [0.4, 0.5) is 5.95 Å². The van der Waals surface area contributed by atoms with E-state index in [0.29, 0.717) is 18.0 Å². The van der Waals surface area contributed by atoms with Crippen LogP contribution in [0.3, 0.4) is 0 Å². The average Bonchev–Trinajstić information content (AvgIpc) is 3.35. The molecule has 8 nitrogen and oxygen atoms in total. The number of likely N-dealkylation sites (tertiary alicyclic amines) is 1. The number of aromatic nitrogens is 5. The highest BCUT2D eigenvalue weighted by Gasteiger charge is 2.21. The second-order valence-corrected chi connectivity index (χ2v) is 7.71. The number of nitrogens with one attached hydrogen (secondary N) is 1. The first kappa shape index (κ1) is 18.3. The van der Waals surface area contributed by atoms with Gasteiger partial charge in [0.25, 0.3) is 0 Å². The van der Waals surface area contributed by atoms with Crippen LogP contribution in [-0.2, 0) is 24.8 Å². The summed E-state index contributed by atoms with van der Waals surface area (Å²) in [6.45, 7) is 4.81. The minimum absolute atomic E-state index is 0.302. The lowest BCUT2D eigenvalue weighted by atomic mass is 9.93. The Kier molecular flexibility index (Phi) is 5.94. The Morgan fingerprint density at radius 3 is 2.67 bits per heavy atom. The summed E-state index contributed by atoms with van der Waals surface area (Å²) >= 11 is 0. The topological polar surface area (TPSA) is 81.0 Å². The average molecular weight is 371 g/mol. The standard InChI is InChI=1S/C19H29N7O/c1-25-14-23-24-18(25)9-15-4-6-26(7-5-15)13-16-10-20-19(21-11-16)22-12-17-3-2-8-27-17/h10-11,14-15,17H,2-9,12-13H2,1H3,(H,20,21,22). The van der Waals surface area contributed by atoms with Crippen molar-refractivity contribution in [2.45, 2.75) is 44.8 Å². The lowest BCUT2D eigenvalue weighted by molar-refractivity contribution is 0.120. The van der Waals surface area contributed by atoms with Gasteiger partial charge in [0.2, 0.25) is 5.95 Å². The number of piperidine rings is 1. The first-order valence-electron chi connectivity index (χ1n) is 9.98. The molecule has 0 aliphatic carbocycles. The van der Waals surface area contributed by atoms with Gasteiger partial charge in [0.15, 0.2) is 0 Å². The molecule has 1 atom stereocenters. The van der Waals surface area contributed by atoms with E-state index in [-0.39, 0.29) is 0 Å². The van der Waals surface area contributed by atoms with Gasteiger partial charge in [0.05, 0.1) is 6.10 Å². The van der Waals surface area contributed by atoms with Crippen LogP contribution in [0.25, 0.3) is 0 Å². The monoisotopic (exact) mass is 371 g/mol. The summed E-state index contributed by atoms with van der Waals surface area (Å²) in [5, 5.41) is 11.5. The molecule has 0 amide bonds. The largest absolute Gasteiger partial charge is 0.376 e. The van der Waals surface area contributed by atoms with Crippen molar-refractivity contribution in [3.63, 3.8) is 0 Å². The summed E-state index contributed by atoms with van der Waals surface area (Å²) in [4.78, 5) is 11.4. The second-order valence-electron chi connectivity index (χ2n) is 7.71. The van der Waals surface area contributed by atoms with Crippen LogP contribution in [0.2, 0.25) is 0 Å². The Balaban J connectivity index is 1.20. The van der Waals surface area contributed by atoms with E-state index in [2.05, 4.69) is 30.4 Å². The van der Waals surface area contributed by atoms with E-state index in [0.717, 1.165) is 57.9 Å². The van der Waals surface area contributed by atoms with Gasteiger partial charge in [-0.25, -0.2) is 9.97 Å². The smallest absolute Gasteiger partial charge is 0.222 e. The Labute approximate surface area is 160 Å². The van der Waals surface area contributed by atoms with Crippen molar-refractivity contribution in [3.8, 4) is 0 Å². The van der Waals surface area contributed by atoms with Crippen LogP contribution in [0.15, 0.2) is 18.7 Å². The van der Waals surface area contributed by atoms with Crippen molar-refractivity contribution in [2.75, 3.05) is 31.6 Å². The van der Waals surface area contributed by atoms with Crippen LogP contribution in [0.5, 0.6) is 0 Å². The molecule has 27 heavy (non-hydrogen) atoms. The Morgan fingerprint density at radius 2 is 2.00 bits per heavy atom. The van der Waals surface area contributed by atoms with E-state index >= 15 is 0 Å². The molecule has 2 aromatic heterocycles. The fraction of sp³-hybridized carbons (Fsp3) is 0.684. The summed E-state index contributed by atoms with van der Waals surface area (Å²) in [5.74, 6) is 2.48. The normalized spacial score (nSPS) is 21.6. The van der Waals surface area contributed by atoms with Gasteiger partial charge >= 0.3 is 0 Å². The highest BCUT2D eigenvalue weighted by molar-refractivity contribution is 5.25. The fourth-order valence-electron chi connectivity index (χ4n) is 3.90. The molecule has 4 heterocycles. The highest BCUT2D eigenvalue weighted by atomic mass is 16.5. The number of anilines is 1. The number of nitrogens with zero attached hydrogens (tertiary/aromatic N) is 6. The molecule has 1 N–H and O–H groups in total. The summed E-state index contributed by atoms with van der Waals surface area (Å²) in [5.41, 5.74) is 1.17. The Hall–Kier alpha value is -2.06. The number of rotatable bonds is 7. The summed E-state index contributed by atoms with van der Waals surface area (Å²) in [7, 11) is 2.02. The summed E-state index contributed by atoms with van der Waals surface area (Å²) in [6.07, 6.45) is 11.7. The SMILES string of the molecule is Cn1cnnc1CC1CCN(Cc2cnc(NCC3CCCO3)nc2)CC1. The molecule has 2 aliphatic rings. The van der Waals surface area contributed by atoms with Crippen molar-refractivity contribution < 1.29 is 4.74 Å². The van der Waals surface area contributed by atoms with Gasteiger partial charge in [-0.3, -0.25) is 4.90 Å². The lowest BCUT2D eigenvalue weighted by Crippen LogP contribution is -2.34. The molecule has 0 spiro atoms. The third-order valence-corrected chi connectivity index (χ3v) is 5.61. The van der Waals surface area contributed by atoms with E-state index in [1.54, 1.807) is 6.33 Å². The lowest BCUT2D eigenvalue weighted by Gasteiger charge is -2.31. The summed E-state index contributed by atoms with van der Waals surface area (Å²) in [6, 6.07) is 0. The molecule has 2 saturated heterocycles. The maximum absolute atomic E-state index is 5.61. The zero-order valence-electron chi connectivity index (χ0n) is 16.0. The second kappa shape index (κ2) is 8.75. The van der Waals surface area contributed by atoms with Crippen molar-refractivity contribution in [1.82, 2.24) is 29.6 Å². The molecule has 0 bridgehead atoms. The summed E-state index contributed by atoms with van der Waals surface area (Å²) < 4.78 is 7.64.